The predicted molar refractivity (Wildman–Crippen MR) is 147 cm³/mol. The summed E-state index contributed by atoms with van der Waals surface area (Å²) in [5, 5.41) is 19.9. The van der Waals surface area contributed by atoms with Crippen LogP contribution in [-0.2, 0) is 21.8 Å². The molecule has 0 bridgehead atoms. The fourth-order valence-corrected chi connectivity index (χ4v) is 6.65. The van der Waals surface area contributed by atoms with E-state index in [9.17, 15) is 14.7 Å². The molecule has 3 heterocycles. The van der Waals surface area contributed by atoms with Crippen LogP contribution in [0.3, 0.4) is 0 Å². The Kier molecular flexibility index (Phi) is 6.66. The molecule has 0 unspecified atom stereocenters. The molecule has 6 rings (SSSR count). The average Bonchev–Trinajstić information content (AvgIpc) is 3.63. The molecular formula is C29H22FN3O4S2. The largest absolute Gasteiger partial charge is 0.507 e. The molecule has 0 spiro atoms. The zero-order valence-corrected chi connectivity index (χ0v) is 22.3. The van der Waals surface area contributed by atoms with Crippen molar-refractivity contribution in [1.82, 2.24) is 10.2 Å². The van der Waals surface area contributed by atoms with Crippen LogP contribution >= 0.6 is 23.1 Å². The van der Waals surface area contributed by atoms with Crippen LogP contribution in [0.25, 0.3) is 5.76 Å². The number of aliphatic hydroxyl groups is 1. The normalized spacial score (nSPS) is 19.8. The number of thioether (sulfide) groups is 1. The van der Waals surface area contributed by atoms with Crippen molar-refractivity contribution < 1.29 is 23.8 Å². The Morgan fingerprint density at radius 3 is 2.67 bits per heavy atom. The summed E-state index contributed by atoms with van der Waals surface area (Å²) in [7, 11) is 0. The van der Waals surface area contributed by atoms with Gasteiger partial charge in [-0.3, -0.25) is 14.5 Å². The number of ether oxygens (including phenoxy) is 1. The second kappa shape index (κ2) is 10.3. The number of Topliss-reactive ketones (excluding diaryl/α,β-unsaturated/α-hetero) is 1. The Labute approximate surface area is 232 Å². The van der Waals surface area contributed by atoms with Crippen LogP contribution in [0.5, 0.6) is 5.75 Å². The number of carbonyl (C=O) groups is 2. The minimum Gasteiger partial charge on any atom is -0.507 e. The van der Waals surface area contributed by atoms with E-state index in [1.807, 2.05) is 37.3 Å². The number of nitrogens with zero attached hydrogens (tertiary/aromatic N) is 3. The second-order valence-corrected chi connectivity index (χ2v) is 11.4. The summed E-state index contributed by atoms with van der Waals surface area (Å²) in [6, 6.07) is 19.6. The van der Waals surface area contributed by atoms with Crippen LogP contribution in [0.15, 0.2) is 82.7 Å². The molecule has 4 aromatic rings. The SMILES string of the molecule is C[C@H]1Cc2cc(C(O)=C3C(=O)C(=O)N(c4nnc(SCc5ccccc5)s4)[C@@H]3c3ccccc3F)ccc2O1. The lowest BCUT2D eigenvalue weighted by Crippen LogP contribution is -2.29. The fraction of sp³-hybridized carbons (Fsp3) is 0.172. The third-order valence-corrected chi connectivity index (χ3v) is 8.75. The molecule has 1 N–H and O–H groups in total. The number of rotatable bonds is 6. The highest BCUT2D eigenvalue weighted by molar-refractivity contribution is 8.00. The minimum absolute atomic E-state index is 0.00671. The molecule has 1 aromatic heterocycles. The Morgan fingerprint density at radius 1 is 1.10 bits per heavy atom. The lowest BCUT2D eigenvalue weighted by molar-refractivity contribution is -0.132. The van der Waals surface area contributed by atoms with Gasteiger partial charge in [0.05, 0.1) is 5.57 Å². The lowest BCUT2D eigenvalue weighted by atomic mass is 9.94. The first-order chi connectivity index (χ1) is 18.9. The molecule has 196 valence electrons. The van der Waals surface area contributed by atoms with Crippen molar-refractivity contribution in [2.45, 2.75) is 35.6 Å². The molecule has 0 saturated carbocycles. The summed E-state index contributed by atoms with van der Waals surface area (Å²) in [5.74, 6) is -1.46. The van der Waals surface area contributed by atoms with Gasteiger partial charge in [0.25, 0.3) is 5.78 Å². The zero-order valence-electron chi connectivity index (χ0n) is 20.7. The van der Waals surface area contributed by atoms with Gasteiger partial charge in [0.1, 0.15) is 29.5 Å². The van der Waals surface area contributed by atoms with Gasteiger partial charge >= 0.3 is 5.91 Å². The maximum Gasteiger partial charge on any atom is 0.301 e. The fourth-order valence-electron chi connectivity index (χ4n) is 4.82. The van der Waals surface area contributed by atoms with Gasteiger partial charge in [0.15, 0.2) is 4.34 Å². The van der Waals surface area contributed by atoms with Crippen LogP contribution in [-0.4, -0.2) is 33.1 Å². The summed E-state index contributed by atoms with van der Waals surface area (Å²) in [5.41, 5.74) is 2.20. The maximum atomic E-state index is 15.2. The summed E-state index contributed by atoms with van der Waals surface area (Å²) in [4.78, 5) is 27.9. The van der Waals surface area contributed by atoms with Gasteiger partial charge in [-0.25, -0.2) is 4.39 Å². The number of fused-ring (bicyclic) bond motifs is 1. The van der Waals surface area contributed by atoms with Crippen molar-refractivity contribution >= 4 is 45.7 Å². The molecule has 1 fully saturated rings. The van der Waals surface area contributed by atoms with Gasteiger partial charge in [-0.1, -0.05) is 71.6 Å². The molecule has 2 atom stereocenters. The second-order valence-electron chi connectivity index (χ2n) is 9.27. The van der Waals surface area contributed by atoms with Gasteiger partial charge < -0.3 is 9.84 Å². The first-order valence-corrected chi connectivity index (χ1v) is 14.1. The highest BCUT2D eigenvalue weighted by Crippen LogP contribution is 2.45. The zero-order chi connectivity index (χ0) is 27.1. The van der Waals surface area contributed by atoms with Crippen LogP contribution in [0.4, 0.5) is 9.52 Å². The van der Waals surface area contributed by atoms with Gasteiger partial charge in [0, 0.05) is 23.3 Å². The molecule has 39 heavy (non-hydrogen) atoms. The molecule has 0 aliphatic carbocycles. The van der Waals surface area contributed by atoms with E-state index in [0.717, 1.165) is 27.4 Å². The van der Waals surface area contributed by atoms with Crippen molar-refractivity contribution in [2.24, 2.45) is 0 Å². The molecule has 0 radical (unpaired) electrons. The number of benzene rings is 3. The number of aliphatic hydroxyl groups excluding tert-OH is 1. The van der Waals surface area contributed by atoms with Crippen LogP contribution in [0.1, 0.15) is 35.2 Å². The average molecular weight is 560 g/mol. The Balaban J connectivity index is 1.41. The minimum atomic E-state index is -1.21. The maximum absolute atomic E-state index is 15.2. The molecule has 2 aliphatic rings. The molecule has 7 nitrogen and oxygen atoms in total. The van der Waals surface area contributed by atoms with Gasteiger partial charge in [0.2, 0.25) is 5.13 Å². The van der Waals surface area contributed by atoms with E-state index < -0.39 is 23.5 Å². The number of hydrogen-bond acceptors (Lipinski definition) is 8. The molecule has 1 saturated heterocycles. The first-order valence-electron chi connectivity index (χ1n) is 12.3. The van der Waals surface area contributed by atoms with Crippen molar-refractivity contribution in [2.75, 3.05) is 4.90 Å². The standard InChI is InChI=1S/C29H22FN3O4S2/c1-16-13-19-14-18(11-12-22(19)37-16)25(34)23-24(20-9-5-6-10-21(20)30)33(27(36)26(23)35)28-31-32-29(39-28)38-15-17-7-3-2-4-8-17/h2-12,14,16,24,34H,13,15H2,1H3/t16-,24+/m0/s1. The topological polar surface area (TPSA) is 92.6 Å². The van der Waals surface area contributed by atoms with Gasteiger partial charge in [-0.05, 0) is 42.3 Å². The smallest absolute Gasteiger partial charge is 0.301 e. The Hall–Kier alpha value is -4.02. The highest BCUT2D eigenvalue weighted by atomic mass is 32.2. The van der Waals surface area contributed by atoms with E-state index in [1.165, 1.54) is 30.0 Å². The summed E-state index contributed by atoms with van der Waals surface area (Å²) in [6.45, 7) is 1.94. The number of carbonyl (C=O) groups excluding carboxylic acids is 2. The van der Waals surface area contributed by atoms with E-state index in [1.54, 1.807) is 24.3 Å². The summed E-state index contributed by atoms with van der Waals surface area (Å²) >= 11 is 2.58. The number of aromatic nitrogens is 2. The van der Waals surface area contributed by atoms with Crippen molar-refractivity contribution in [3.63, 3.8) is 0 Å². The number of amides is 1. The third kappa shape index (κ3) is 4.70. The Morgan fingerprint density at radius 2 is 1.87 bits per heavy atom. The molecule has 10 heteroatoms. The summed E-state index contributed by atoms with van der Waals surface area (Å²) in [6.07, 6.45) is 0.642. The lowest BCUT2D eigenvalue weighted by Gasteiger charge is -2.22. The summed E-state index contributed by atoms with van der Waals surface area (Å²) < 4.78 is 21.5. The first kappa shape index (κ1) is 25.3. The van der Waals surface area contributed by atoms with E-state index >= 15 is 4.39 Å². The number of halogens is 1. The van der Waals surface area contributed by atoms with Crippen molar-refractivity contribution in [3.05, 3.63) is 106 Å². The number of ketones is 1. The highest BCUT2D eigenvalue weighted by Gasteiger charge is 2.49. The van der Waals surface area contributed by atoms with E-state index in [4.69, 9.17) is 4.74 Å². The van der Waals surface area contributed by atoms with Gasteiger partial charge in [-0.2, -0.15) is 0 Å². The Bertz CT molecular complexity index is 1620. The van der Waals surface area contributed by atoms with Gasteiger partial charge in [-0.15, -0.1) is 10.2 Å². The predicted octanol–water partition coefficient (Wildman–Crippen LogP) is 5.92. The monoisotopic (exact) mass is 559 g/mol. The van der Waals surface area contributed by atoms with Crippen LogP contribution in [0, 0.1) is 5.82 Å². The van der Waals surface area contributed by atoms with Crippen LogP contribution < -0.4 is 9.64 Å². The number of hydrogen-bond donors (Lipinski definition) is 1. The van der Waals surface area contributed by atoms with Crippen LogP contribution in [0.2, 0.25) is 0 Å². The third-order valence-electron chi connectivity index (χ3n) is 6.62. The molecule has 2 aliphatic heterocycles. The van der Waals surface area contributed by atoms with Crippen molar-refractivity contribution in [3.8, 4) is 5.75 Å². The van der Waals surface area contributed by atoms with E-state index in [-0.39, 0.29) is 28.1 Å². The quantitative estimate of drug-likeness (QED) is 0.103. The van der Waals surface area contributed by atoms with E-state index in [0.29, 0.717) is 27.8 Å². The molecule has 1 amide bonds. The van der Waals surface area contributed by atoms with Crippen molar-refractivity contribution in [1.29, 1.82) is 0 Å². The molecule has 3 aromatic carbocycles. The molecular weight excluding hydrogens is 537 g/mol. The van der Waals surface area contributed by atoms with E-state index in [2.05, 4.69) is 10.2 Å². The number of anilines is 1.